The van der Waals surface area contributed by atoms with E-state index in [-0.39, 0.29) is 24.2 Å². The lowest BCUT2D eigenvalue weighted by atomic mass is 10.1. The van der Waals surface area contributed by atoms with Crippen LogP contribution in [0.3, 0.4) is 0 Å². The Kier molecular flexibility index (Phi) is 3.54. The van der Waals surface area contributed by atoms with E-state index >= 15 is 0 Å². The molecule has 8 heteroatoms. The van der Waals surface area contributed by atoms with Crippen molar-refractivity contribution in [2.45, 2.75) is 6.42 Å². The molecule has 0 bridgehead atoms. The summed E-state index contributed by atoms with van der Waals surface area (Å²) in [5.74, 6) is 1.99. The predicted molar refractivity (Wildman–Crippen MR) is 61.1 cm³/mol. The molecule has 0 unspecified atom stereocenters. The van der Waals surface area contributed by atoms with Crippen LogP contribution in [-0.4, -0.2) is 24.2 Å². The molecule has 0 radical (unpaired) electrons. The molecule has 100 valence electrons. The van der Waals surface area contributed by atoms with Crippen LogP contribution in [0.4, 0.5) is 10.1 Å². The number of rotatable bonds is 4. The fraction of sp³-hybridized carbons (Fsp3) is 0.182. The third-order valence-electron chi connectivity index (χ3n) is 2.65. The highest BCUT2D eigenvalue weighted by atomic mass is 19.1. The highest BCUT2D eigenvalue weighted by Gasteiger charge is 2.36. The summed E-state index contributed by atoms with van der Waals surface area (Å²) in [4.78, 5) is 39.7. The largest absolute Gasteiger partial charge is 0.356 e. The van der Waals surface area contributed by atoms with Gasteiger partial charge in [0.15, 0.2) is 0 Å². The van der Waals surface area contributed by atoms with Crippen molar-refractivity contribution in [2.75, 3.05) is 11.4 Å². The molecule has 1 aromatic rings. The van der Waals surface area contributed by atoms with Gasteiger partial charge in [0, 0.05) is 6.54 Å². The summed E-state index contributed by atoms with van der Waals surface area (Å²) in [6, 6.07) is 3.41. The van der Waals surface area contributed by atoms with E-state index in [1.165, 1.54) is 6.07 Å². The Balaban J connectivity index is 2.18. The number of hydrazine groups is 1. The van der Waals surface area contributed by atoms with E-state index in [4.69, 9.17) is 5.84 Å². The maximum absolute atomic E-state index is 13.1. The van der Waals surface area contributed by atoms with E-state index in [9.17, 15) is 18.8 Å². The fourth-order valence-electron chi connectivity index (χ4n) is 1.81. The van der Waals surface area contributed by atoms with Crippen LogP contribution in [0, 0.1) is 5.82 Å². The molecule has 1 aliphatic heterocycles. The highest BCUT2D eigenvalue weighted by Crippen LogP contribution is 2.29. The zero-order valence-electron chi connectivity index (χ0n) is 9.68. The first-order valence-corrected chi connectivity index (χ1v) is 5.35. The zero-order chi connectivity index (χ0) is 14.0. The van der Waals surface area contributed by atoms with Crippen LogP contribution >= 0.6 is 0 Å². The first-order valence-electron chi connectivity index (χ1n) is 5.35. The van der Waals surface area contributed by atoms with Gasteiger partial charge in [-0.25, -0.2) is 10.2 Å². The van der Waals surface area contributed by atoms with Crippen molar-refractivity contribution in [3.8, 4) is 0 Å². The van der Waals surface area contributed by atoms with Gasteiger partial charge in [0.1, 0.15) is 5.82 Å². The molecule has 7 nitrogen and oxygen atoms in total. The van der Waals surface area contributed by atoms with Crippen molar-refractivity contribution < 1.29 is 23.6 Å². The quantitative estimate of drug-likeness (QED) is 0.440. The van der Waals surface area contributed by atoms with Crippen LogP contribution in [0.2, 0.25) is 0 Å². The van der Waals surface area contributed by atoms with Gasteiger partial charge in [-0.15, -0.1) is 0 Å². The van der Waals surface area contributed by atoms with Crippen molar-refractivity contribution in [2.24, 2.45) is 5.84 Å². The van der Waals surface area contributed by atoms with Crippen molar-refractivity contribution in [3.63, 3.8) is 0 Å². The molecular formula is C11H10FN3O4. The van der Waals surface area contributed by atoms with Crippen LogP contribution in [0.15, 0.2) is 18.2 Å². The molecule has 0 saturated carbocycles. The lowest BCUT2D eigenvalue weighted by Gasteiger charge is -2.15. The van der Waals surface area contributed by atoms with E-state index in [1.807, 2.05) is 0 Å². The molecule has 1 amide bonds. The second-order valence-electron chi connectivity index (χ2n) is 3.79. The lowest BCUT2D eigenvalue weighted by molar-refractivity contribution is -0.150. The molecule has 0 fully saturated rings. The molecule has 1 aliphatic rings. The molecule has 1 heterocycles. The summed E-state index contributed by atoms with van der Waals surface area (Å²) in [6.07, 6.45) is -0.181. The standard InChI is InChI=1S/C11H10FN3O4/c12-6-1-2-7-8(5-6)15(11(18)10(7)17)4-3-9(16)19-14-13/h1-2,5,14H,3-4,13H2. The Morgan fingerprint density at radius 2 is 2.16 bits per heavy atom. The minimum atomic E-state index is -0.797. The molecule has 0 aromatic heterocycles. The molecule has 1 aromatic carbocycles. The van der Waals surface area contributed by atoms with E-state index in [0.29, 0.717) is 0 Å². The van der Waals surface area contributed by atoms with Crippen LogP contribution in [0.1, 0.15) is 16.8 Å². The molecule has 0 saturated heterocycles. The fourth-order valence-corrected chi connectivity index (χ4v) is 1.81. The van der Waals surface area contributed by atoms with Crippen LogP contribution in [0.5, 0.6) is 0 Å². The van der Waals surface area contributed by atoms with Crippen molar-refractivity contribution >= 4 is 23.3 Å². The Morgan fingerprint density at radius 3 is 2.84 bits per heavy atom. The third-order valence-corrected chi connectivity index (χ3v) is 2.65. The maximum atomic E-state index is 13.1. The van der Waals surface area contributed by atoms with Gasteiger partial charge >= 0.3 is 5.97 Å². The van der Waals surface area contributed by atoms with E-state index in [2.05, 4.69) is 4.84 Å². The number of carbonyl (C=O) groups is 3. The number of benzene rings is 1. The summed E-state index contributed by atoms with van der Waals surface area (Å²) in [5.41, 5.74) is 1.99. The summed E-state index contributed by atoms with van der Waals surface area (Å²) >= 11 is 0. The van der Waals surface area contributed by atoms with Crippen molar-refractivity contribution in [3.05, 3.63) is 29.6 Å². The van der Waals surface area contributed by atoms with Gasteiger partial charge in [0.25, 0.3) is 11.7 Å². The third kappa shape index (κ3) is 2.44. The van der Waals surface area contributed by atoms with Gasteiger partial charge in [-0.1, -0.05) is 5.59 Å². The summed E-state index contributed by atoms with van der Waals surface area (Å²) in [6.45, 7) is -0.0957. The Bertz CT molecular complexity index is 561. The molecule has 19 heavy (non-hydrogen) atoms. The van der Waals surface area contributed by atoms with E-state index in [0.717, 1.165) is 17.0 Å². The number of halogens is 1. The predicted octanol–water partition coefficient (Wildman–Crippen LogP) is -0.333. The number of anilines is 1. The second kappa shape index (κ2) is 5.12. The number of Topliss-reactive ketones (excluding diaryl/α,β-unsaturated/α-hetero) is 1. The smallest absolute Gasteiger partial charge is 0.328 e. The number of nitrogens with one attached hydrogen (secondary N) is 1. The zero-order valence-corrected chi connectivity index (χ0v) is 9.68. The average Bonchev–Trinajstić information content (AvgIpc) is 2.60. The topological polar surface area (TPSA) is 102 Å². The van der Waals surface area contributed by atoms with E-state index in [1.54, 1.807) is 5.59 Å². The molecule has 3 N–H and O–H groups in total. The highest BCUT2D eigenvalue weighted by molar-refractivity contribution is 6.52. The summed E-state index contributed by atoms with van der Waals surface area (Å²) in [5, 5.41) is 0. The van der Waals surface area contributed by atoms with Crippen LogP contribution < -0.4 is 16.3 Å². The molecule has 0 aliphatic carbocycles. The van der Waals surface area contributed by atoms with Crippen molar-refractivity contribution in [1.29, 1.82) is 0 Å². The number of nitrogens with zero attached hydrogens (tertiary/aromatic N) is 1. The minimum absolute atomic E-state index is 0.0957. The van der Waals surface area contributed by atoms with Crippen LogP contribution in [-0.2, 0) is 14.4 Å². The first-order chi connectivity index (χ1) is 9.04. The number of carbonyl (C=O) groups excluding carboxylic acids is 3. The number of ketones is 1. The summed E-state index contributed by atoms with van der Waals surface area (Å²) < 4.78 is 13.1. The second-order valence-corrected chi connectivity index (χ2v) is 3.79. The van der Waals surface area contributed by atoms with Crippen molar-refractivity contribution in [1.82, 2.24) is 5.59 Å². The number of nitrogens with two attached hydrogens (primary N) is 1. The first kappa shape index (κ1) is 13.1. The number of fused-ring (bicyclic) bond motifs is 1. The normalized spacial score (nSPS) is 13.7. The Hall–Kier alpha value is -2.32. The maximum Gasteiger partial charge on any atom is 0.328 e. The SMILES string of the molecule is NNOC(=O)CCN1C(=O)C(=O)c2ccc(F)cc21. The molecular weight excluding hydrogens is 257 g/mol. The molecule has 0 atom stereocenters. The van der Waals surface area contributed by atoms with Gasteiger partial charge < -0.3 is 9.74 Å². The van der Waals surface area contributed by atoms with Gasteiger partial charge in [0.05, 0.1) is 17.7 Å². The van der Waals surface area contributed by atoms with Gasteiger partial charge in [-0.3, -0.25) is 14.4 Å². The lowest BCUT2D eigenvalue weighted by Crippen LogP contribution is -2.33. The van der Waals surface area contributed by atoms with Gasteiger partial charge in [-0.2, -0.15) is 0 Å². The summed E-state index contributed by atoms with van der Waals surface area (Å²) in [7, 11) is 0. The minimum Gasteiger partial charge on any atom is -0.356 e. The Labute approximate surface area is 107 Å². The monoisotopic (exact) mass is 267 g/mol. The van der Waals surface area contributed by atoms with Crippen LogP contribution in [0.25, 0.3) is 0 Å². The number of hydrogen-bond acceptors (Lipinski definition) is 6. The average molecular weight is 267 g/mol. The van der Waals surface area contributed by atoms with Gasteiger partial charge in [-0.05, 0) is 18.2 Å². The van der Waals surface area contributed by atoms with Gasteiger partial charge in [0.2, 0.25) is 0 Å². The molecule has 0 spiro atoms. The Morgan fingerprint density at radius 1 is 1.42 bits per heavy atom. The number of hydrogen-bond donors (Lipinski definition) is 2. The number of amides is 1. The van der Waals surface area contributed by atoms with E-state index < -0.39 is 23.5 Å². The molecule has 2 rings (SSSR count).